The first kappa shape index (κ1) is 11.8. The van der Waals surface area contributed by atoms with Gasteiger partial charge in [0.25, 0.3) is 0 Å². The smallest absolute Gasteiger partial charge is 0.269 e. The molecule has 0 aromatic carbocycles. The molecule has 0 saturated carbocycles. The van der Waals surface area contributed by atoms with Gasteiger partial charge in [-0.1, -0.05) is 12.7 Å². The van der Waals surface area contributed by atoms with Crippen LogP contribution < -0.4 is 5.84 Å². The van der Waals surface area contributed by atoms with Crippen molar-refractivity contribution in [2.24, 2.45) is 5.84 Å². The Morgan fingerprint density at radius 2 is 2.33 bits per heavy atom. The van der Waals surface area contributed by atoms with Crippen LogP contribution in [-0.4, -0.2) is 28.4 Å². The third kappa shape index (κ3) is 3.11. The summed E-state index contributed by atoms with van der Waals surface area (Å²) in [4.78, 5) is 13.1. The Morgan fingerprint density at radius 1 is 1.60 bits per heavy atom. The highest BCUT2D eigenvalue weighted by Gasteiger charge is 2.18. The number of urea groups is 1. The van der Waals surface area contributed by atoms with Gasteiger partial charge in [0, 0.05) is 24.3 Å². The monoisotopic (exact) mass is 227 g/mol. The van der Waals surface area contributed by atoms with Gasteiger partial charge in [0.15, 0.2) is 0 Å². The van der Waals surface area contributed by atoms with Gasteiger partial charge in [0.05, 0.1) is 0 Å². The highest BCUT2D eigenvalue weighted by Crippen LogP contribution is 2.11. The number of carbonyl (C=O) groups is 1. The molecule has 1 heterocycles. The summed E-state index contributed by atoms with van der Waals surface area (Å²) in [5, 5.41) is 1.14. The van der Waals surface area contributed by atoms with Crippen molar-refractivity contribution in [3.05, 3.63) is 36.7 Å². The zero-order valence-corrected chi connectivity index (χ0v) is 9.15. The van der Waals surface area contributed by atoms with Crippen molar-refractivity contribution >= 4 is 17.6 Å². The summed E-state index contributed by atoms with van der Waals surface area (Å²) >= 11 is 5.51. The summed E-state index contributed by atoms with van der Waals surface area (Å²) in [6.45, 7) is 4.17. The van der Waals surface area contributed by atoms with Gasteiger partial charge in [-0.3, -0.25) is 9.91 Å². The lowest BCUT2D eigenvalue weighted by molar-refractivity contribution is 0.179. The van der Waals surface area contributed by atoms with Gasteiger partial charge in [0.1, 0.15) is 0 Å². The lowest BCUT2D eigenvalue weighted by atomic mass is 10.3. The zero-order valence-electron chi connectivity index (χ0n) is 8.40. The molecular formula is C10H14ClN3O. The first-order chi connectivity index (χ1) is 7.16. The van der Waals surface area contributed by atoms with Crippen molar-refractivity contribution in [1.82, 2.24) is 9.91 Å². The molecule has 1 aliphatic rings. The molecule has 0 aromatic heterocycles. The van der Waals surface area contributed by atoms with Crippen molar-refractivity contribution in [2.75, 3.05) is 12.4 Å². The second-order valence-electron chi connectivity index (χ2n) is 3.08. The van der Waals surface area contributed by atoms with E-state index in [1.807, 2.05) is 6.08 Å². The van der Waals surface area contributed by atoms with Crippen molar-refractivity contribution < 1.29 is 4.79 Å². The van der Waals surface area contributed by atoms with E-state index in [9.17, 15) is 4.79 Å². The number of nitrogens with two attached hydrogens (primary N) is 1. The lowest BCUT2D eigenvalue weighted by Crippen LogP contribution is -2.45. The fourth-order valence-electron chi connectivity index (χ4n) is 1.13. The van der Waals surface area contributed by atoms with Gasteiger partial charge >= 0.3 is 6.03 Å². The topological polar surface area (TPSA) is 49.6 Å². The number of allylic oxidation sites excluding steroid dienone is 3. The number of hydrogen-bond acceptors (Lipinski definition) is 2. The van der Waals surface area contributed by atoms with Crippen LogP contribution >= 0.6 is 11.6 Å². The Bertz CT molecular complexity index is 312. The molecule has 0 spiro atoms. The minimum atomic E-state index is -0.300. The second-order valence-corrected chi connectivity index (χ2v) is 3.46. The predicted molar refractivity (Wildman–Crippen MR) is 60.9 cm³/mol. The lowest BCUT2D eigenvalue weighted by Gasteiger charge is -2.26. The SMILES string of the molecule is C=C1C=CC=CN1C(=O)N(N)CCCCl. The average Bonchev–Trinajstić information content (AvgIpc) is 2.25. The highest BCUT2D eigenvalue weighted by atomic mass is 35.5. The molecule has 82 valence electrons. The van der Waals surface area contributed by atoms with Crippen LogP contribution in [0.1, 0.15) is 6.42 Å². The fourth-order valence-corrected chi connectivity index (χ4v) is 1.25. The van der Waals surface area contributed by atoms with Crippen molar-refractivity contribution in [3.63, 3.8) is 0 Å². The highest BCUT2D eigenvalue weighted by molar-refractivity contribution is 6.17. The summed E-state index contributed by atoms with van der Waals surface area (Å²) < 4.78 is 0. The molecule has 0 saturated heterocycles. The van der Waals surface area contributed by atoms with Crippen LogP contribution in [0.3, 0.4) is 0 Å². The van der Waals surface area contributed by atoms with Crippen molar-refractivity contribution in [3.8, 4) is 0 Å². The first-order valence-corrected chi connectivity index (χ1v) is 5.15. The van der Waals surface area contributed by atoms with Crippen LogP contribution in [0.15, 0.2) is 36.7 Å². The average molecular weight is 228 g/mol. The van der Waals surface area contributed by atoms with E-state index in [-0.39, 0.29) is 6.03 Å². The Hall–Kier alpha value is -1.26. The van der Waals surface area contributed by atoms with Crippen molar-refractivity contribution in [1.29, 1.82) is 0 Å². The quantitative estimate of drug-likeness (QED) is 0.346. The number of hydrazine groups is 1. The number of rotatable bonds is 3. The first-order valence-electron chi connectivity index (χ1n) is 4.62. The Balaban J connectivity index is 2.56. The summed E-state index contributed by atoms with van der Waals surface area (Å²) in [5.41, 5.74) is 0.601. The van der Waals surface area contributed by atoms with Gasteiger partial charge in [-0.2, -0.15) is 0 Å². The van der Waals surface area contributed by atoms with Crippen LogP contribution in [0.5, 0.6) is 0 Å². The Kier molecular flexibility index (Phi) is 4.39. The largest absolute Gasteiger partial charge is 0.342 e. The zero-order chi connectivity index (χ0) is 11.3. The summed E-state index contributed by atoms with van der Waals surface area (Å²) in [5.74, 6) is 6.06. The molecule has 5 heteroatoms. The maximum absolute atomic E-state index is 11.8. The summed E-state index contributed by atoms with van der Waals surface area (Å²) in [6.07, 6.45) is 7.61. The van der Waals surface area contributed by atoms with Gasteiger partial charge in [-0.05, 0) is 18.6 Å². The molecule has 0 atom stereocenters. The van der Waals surface area contributed by atoms with E-state index in [1.54, 1.807) is 18.4 Å². The van der Waals surface area contributed by atoms with Crippen LogP contribution in [0.2, 0.25) is 0 Å². The maximum atomic E-state index is 11.8. The predicted octanol–water partition coefficient (Wildman–Crippen LogP) is 1.81. The molecule has 0 unspecified atom stereocenters. The number of hydrogen-bond donors (Lipinski definition) is 1. The molecular weight excluding hydrogens is 214 g/mol. The molecule has 4 nitrogen and oxygen atoms in total. The second kappa shape index (κ2) is 5.58. The van der Waals surface area contributed by atoms with Crippen LogP contribution in [0.25, 0.3) is 0 Å². The normalized spacial score (nSPS) is 14.5. The van der Waals surface area contributed by atoms with E-state index in [4.69, 9.17) is 17.4 Å². The fraction of sp³-hybridized carbons (Fsp3) is 0.300. The number of carbonyl (C=O) groups excluding carboxylic acids is 1. The molecule has 0 aliphatic carbocycles. The number of nitrogens with zero attached hydrogens (tertiary/aromatic N) is 2. The van der Waals surface area contributed by atoms with Gasteiger partial charge < -0.3 is 0 Å². The standard InChI is InChI=1S/C10H14ClN3O/c1-9-5-2-3-7-13(9)10(15)14(12)8-4-6-11/h2-3,5,7H,1,4,6,8,12H2. The van der Waals surface area contributed by atoms with Crippen molar-refractivity contribution in [2.45, 2.75) is 6.42 Å². The third-order valence-corrected chi connectivity index (χ3v) is 2.20. The van der Waals surface area contributed by atoms with E-state index in [1.165, 1.54) is 4.90 Å². The molecule has 0 fully saturated rings. The molecule has 0 radical (unpaired) electrons. The van der Waals surface area contributed by atoms with E-state index in [2.05, 4.69) is 6.58 Å². The van der Waals surface area contributed by atoms with Crippen LogP contribution in [-0.2, 0) is 0 Å². The molecule has 2 amide bonds. The summed E-state index contributed by atoms with van der Waals surface area (Å²) in [6, 6.07) is -0.300. The van der Waals surface area contributed by atoms with Gasteiger partial charge in [0.2, 0.25) is 0 Å². The Morgan fingerprint density at radius 3 is 2.93 bits per heavy atom. The third-order valence-electron chi connectivity index (χ3n) is 1.93. The molecule has 1 rings (SSSR count). The molecule has 0 bridgehead atoms. The molecule has 0 aromatic rings. The molecule has 15 heavy (non-hydrogen) atoms. The number of halogens is 1. The van der Waals surface area contributed by atoms with Gasteiger partial charge in [-0.15, -0.1) is 11.6 Å². The van der Waals surface area contributed by atoms with E-state index >= 15 is 0 Å². The number of amides is 2. The minimum Gasteiger partial charge on any atom is -0.269 e. The van der Waals surface area contributed by atoms with E-state index in [0.29, 0.717) is 24.5 Å². The van der Waals surface area contributed by atoms with Crippen LogP contribution in [0.4, 0.5) is 4.79 Å². The maximum Gasteiger partial charge on any atom is 0.342 e. The molecule has 2 N–H and O–H groups in total. The van der Waals surface area contributed by atoms with E-state index in [0.717, 1.165) is 5.01 Å². The summed E-state index contributed by atoms with van der Waals surface area (Å²) in [7, 11) is 0. The Labute approximate surface area is 94.2 Å². The van der Waals surface area contributed by atoms with Crippen LogP contribution in [0, 0.1) is 0 Å². The minimum absolute atomic E-state index is 0.300. The number of alkyl halides is 1. The van der Waals surface area contributed by atoms with E-state index < -0.39 is 0 Å². The molecule has 1 aliphatic heterocycles. The van der Waals surface area contributed by atoms with Gasteiger partial charge in [-0.25, -0.2) is 10.6 Å².